The van der Waals surface area contributed by atoms with E-state index >= 15 is 0 Å². The van der Waals surface area contributed by atoms with Crippen LogP contribution in [0.1, 0.15) is 25.8 Å². The molecule has 2 aromatic heterocycles. The van der Waals surface area contributed by atoms with Gasteiger partial charge in [0.15, 0.2) is 0 Å². The molecule has 1 unspecified atom stereocenters. The summed E-state index contributed by atoms with van der Waals surface area (Å²) in [6.45, 7) is 4.32. The summed E-state index contributed by atoms with van der Waals surface area (Å²) in [7, 11) is -2.91. The number of nitrogens with zero attached hydrogens (tertiary/aromatic N) is 2. The molecule has 0 radical (unpaired) electrons. The summed E-state index contributed by atoms with van der Waals surface area (Å²) >= 11 is 0. The number of hydrogen-bond acceptors (Lipinski definition) is 4. The molecule has 0 saturated heterocycles. The molecule has 2 rings (SSSR count). The largest absolute Gasteiger partial charge is 0.332 e. The molecule has 5 nitrogen and oxygen atoms in total. The fraction of sp³-hybridized carbons (Fsp3) is 0.533. The van der Waals surface area contributed by atoms with Gasteiger partial charge in [-0.25, -0.2) is 13.4 Å². The average Bonchev–Trinajstić information content (AvgIpc) is 2.77. The molecule has 0 aliphatic carbocycles. The molecule has 6 heteroatoms. The van der Waals surface area contributed by atoms with Gasteiger partial charge in [-0.1, -0.05) is 6.92 Å². The van der Waals surface area contributed by atoms with Gasteiger partial charge in [-0.2, -0.15) is 0 Å². The number of aromatic nitrogens is 2. The molecule has 0 aliphatic heterocycles. The van der Waals surface area contributed by atoms with Crippen molar-refractivity contribution >= 4 is 20.9 Å². The maximum atomic E-state index is 11.6. The van der Waals surface area contributed by atoms with Crippen LogP contribution in [0.5, 0.6) is 0 Å². The first-order valence-electron chi connectivity index (χ1n) is 7.31. The third kappa shape index (κ3) is 4.04. The second kappa shape index (κ2) is 6.58. The lowest BCUT2D eigenvalue weighted by atomic mass is 10.1. The molecule has 2 N–H and O–H groups in total. The summed E-state index contributed by atoms with van der Waals surface area (Å²) in [5.74, 6) is 0.423. The molecular weight excluding hydrogens is 286 g/mol. The van der Waals surface area contributed by atoms with Gasteiger partial charge in [0.25, 0.3) is 0 Å². The second-order valence-corrected chi connectivity index (χ2v) is 7.97. The molecule has 0 fully saturated rings. The molecule has 116 valence electrons. The van der Waals surface area contributed by atoms with Crippen molar-refractivity contribution in [3.63, 3.8) is 0 Å². The number of fused-ring (bicyclic) bond motifs is 1. The lowest BCUT2D eigenvalue weighted by Gasteiger charge is -2.04. The van der Waals surface area contributed by atoms with Gasteiger partial charge in [-0.3, -0.25) is 0 Å². The zero-order chi connectivity index (χ0) is 15.5. The second-order valence-electron chi connectivity index (χ2n) is 5.49. The molecule has 1 atom stereocenters. The van der Waals surface area contributed by atoms with E-state index in [0.29, 0.717) is 13.0 Å². The maximum Gasteiger partial charge on any atom is 0.150 e. The van der Waals surface area contributed by atoms with Crippen LogP contribution in [0.3, 0.4) is 0 Å². The highest BCUT2D eigenvalue weighted by molar-refractivity contribution is 7.91. The van der Waals surface area contributed by atoms with E-state index in [1.54, 1.807) is 13.1 Å². The van der Waals surface area contributed by atoms with E-state index in [4.69, 9.17) is 5.73 Å². The standard InChI is InChI=1S/C15H23N3O2S/c1-3-21(19,20)9-5-8-18-11-13(10-12(2)16)14-6-4-7-17-15(14)18/h4,6-7,11-12H,3,5,8-10,16H2,1-2H3. The Bertz CT molecular complexity index is 705. The van der Waals surface area contributed by atoms with E-state index in [1.165, 1.54) is 5.56 Å². The van der Waals surface area contributed by atoms with Gasteiger partial charge >= 0.3 is 0 Å². The van der Waals surface area contributed by atoms with E-state index in [-0.39, 0.29) is 17.5 Å². The van der Waals surface area contributed by atoms with Crippen molar-refractivity contribution in [2.45, 2.75) is 39.3 Å². The van der Waals surface area contributed by atoms with Crippen molar-refractivity contribution in [1.82, 2.24) is 9.55 Å². The van der Waals surface area contributed by atoms with Crippen molar-refractivity contribution in [3.05, 3.63) is 30.1 Å². The van der Waals surface area contributed by atoms with Crippen LogP contribution in [0.2, 0.25) is 0 Å². The molecule has 0 saturated carbocycles. The first-order valence-corrected chi connectivity index (χ1v) is 9.14. The molecule has 0 spiro atoms. The Morgan fingerprint density at radius 2 is 2.19 bits per heavy atom. The van der Waals surface area contributed by atoms with Crippen molar-refractivity contribution in [2.75, 3.05) is 11.5 Å². The minimum atomic E-state index is -2.91. The zero-order valence-corrected chi connectivity index (χ0v) is 13.4. The number of aryl methyl sites for hydroxylation is 1. The van der Waals surface area contributed by atoms with Gasteiger partial charge in [-0.15, -0.1) is 0 Å². The molecule has 0 aromatic carbocycles. The Morgan fingerprint density at radius 1 is 1.43 bits per heavy atom. The van der Waals surface area contributed by atoms with Crippen LogP contribution in [0.25, 0.3) is 11.0 Å². The van der Waals surface area contributed by atoms with Gasteiger partial charge in [0, 0.05) is 36.1 Å². The first-order chi connectivity index (χ1) is 9.93. The van der Waals surface area contributed by atoms with Gasteiger partial charge in [0.1, 0.15) is 15.5 Å². The number of sulfone groups is 1. The van der Waals surface area contributed by atoms with Crippen LogP contribution in [-0.2, 0) is 22.8 Å². The van der Waals surface area contributed by atoms with E-state index in [0.717, 1.165) is 17.5 Å². The monoisotopic (exact) mass is 309 g/mol. The molecular formula is C15H23N3O2S. The van der Waals surface area contributed by atoms with Crippen LogP contribution in [-0.4, -0.2) is 35.5 Å². The molecule has 0 aliphatic rings. The topological polar surface area (TPSA) is 78.0 Å². The first kappa shape index (κ1) is 16.0. The minimum Gasteiger partial charge on any atom is -0.332 e. The molecule has 0 amide bonds. The summed E-state index contributed by atoms with van der Waals surface area (Å²) < 4.78 is 25.2. The van der Waals surface area contributed by atoms with E-state index in [9.17, 15) is 8.42 Å². The lowest BCUT2D eigenvalue weighted by Crippen LogP contribution is -2.17. The Kier molecular flexibility index (Phi) is 5.00. The summed E-state index contributed by atoms with van der Waals surface area (Å²) in [4.78, 5) is 4.42. The number of nitrogens with two attached hydrogens (primary N) is 1. The molecule has 0 bridgehead atoms. The normalized spacial score (nSPS) is 13.7. The predicted octanol–water partition coefficient (Wildman–Crippen LogP) is 1.75. The Morgan fingerprint density at radius 3 is 2.86 bits per heavy atom. The Labute approximate surface area is 126 Å². The van der Waals surface area contributed by atoms with E-state index in [2.05, 4.69) is 11.2 Å². The van der Waals surface area contributed by atoms with Crippen LogP contribution in [0.15, 0.2) is 24.5 Å². The Balaban J connectivity index is 2.20. The summed E-state index contributed by atoms with van der Waals surface area (Å²) in [5.41, 5.74) is 7.97. The van der Waals surface area contributed by atoms with Crippen molar-refractivity contribution in [2.24, 2.45) is 5.73 Å². The van der Waals surface area contributed by atoms with Crippen molar-refractivity contribution in [3.8, 4) is 0 Å². The van der Waals surface area contributed by atoms with Crippen molar-refractivity contribution < 1.29 is 8.42 Å². The highest BCUT2D eigenvalue weighted by atomic mass is 32.2. The number of pyridine rings is 1. The SMILES string of the molecule is CCS(=O)(=O)CCCn1cc(CC(C)N)c2cccnc21. The molecule has 2 aromatic rings. The van der Waals surface area contributed by atoms with Crippen LogP contribution >= 0.6 is 0 Å². The Hall–Kier alpha value is -1.40. The number of hydrogen-bond donors (Lipinski definition) is 1. The highest BCUT2D eigenvalue weighted by Gasteiger charge is 2.12. The number of rotatable bonds is 7. The van der Waals surface area contributed by atoms with Gasteiger partial charge < -0.3 is 10.3 Å². The van der Waals surface area contributed by atoms with Gasteiger partial charge in [0.2, 0.25) is 0 Å². The third-order valence-electron chi connectivity index (χ3n) is 3.55. The highest BCUT2D eigenvalue weighted by Crippen LogP contribution is 2.21. The van der Waals surface area contributed by atoms with Crippen molar-refractivity contribution in [1.29, 1.82) is 0 Å². The predicted molar refractivity (Wildman–Crippen MR) is 86.0 cm³/mol. The fourth-order valence-electron chi connectivity index (χ4n) is 2.47. The van der Waals surface area contributed by atoms with E-state index in [1.807, 2.05) is 23.6 Å². The molecule has 21 heavy (non-hydrogen) atoms. The van der Waals surface area contributed by atoms with Gasteiger partial charge in [-0.05, 0) is 37.5 Å². The summed E-state index contributed by atoms with van der Waals surface area (Å²) in [6.07, 6.45) is 5.22. The minimum absolute atomic E-state index is 0.0877. The van der Waals surface area contributed by atoms with Crippen LogP contribution in [0.4, 0.5) is 0 Å². The summed E-state index contributed by atoms with van der Waals surface area (Å²) in [5, 5.41) is 1.10. The lowest BCUT2D eigenvalue weighted by molar-refractivity contribution is 0.588. The smallest absolute Gasteiger partial charge is 0.150 e. The maximum absolute atomic E-state index is 11.6. The summed E-state index contributed by atoms with van der Waals surface area (Å²) in [6, 6.07) is 4.04. The van der Waals surface area contributed by atoms with E-state index < -0.39 is 9.84 Å². The zero-order valence-electron chi connectivity index (χ0n) is 12.6. The third-order valence-corrected chi connectivity index (χ3v) is 5.34. The van der Waals surface area contributed by atoms with Crippen LogP contribution < -0.4 is 5.73 Å². The van der Waals surface area contributed by atoms with Crippen LogP contribution in [0, 0.1) is 0 Å². The molecule has 2 heterocycles. The average molecular weight is 309 g/mol. The van der Waals surface area contributed by atoms with Gasteiger partial charge in [0.05, 0.1) is 5.75 Å². The fourth-order valence-corrected chi connectivity index (χ4v) is 3.33. The quantitative estimate of drug-likeness (QED) is 0.845.